The molecule has 3 atom stereocenters. The number of carbonyl (C=O) groups is 1. The van der Waals surface area contributed by atoms with Crippen LogP contribution in [0.3, 0.4) is 0 Å². The summed E-state index contributed by atoms with van der Waals surface area (Å²) in [5, 5.41) is 19.1. The lowest BCUT2D eigenvalue weighted by atomic mass is 9.97. The Hall–Kier alpha value is -3.59. The molecule has 0 bridgehead atoms. The summed E-state index contributed by atoms with van der Waals surface area (Å²) in [6.45, 7) is 3.42. The van der Waals surface area contributed by atoms with Gasteiger partial charge in [-0.25, -0.2) is 4.98 Å². The summed E-state index contributed by atoms with van der Waals surface area (Å²) in [5.41, 5.74) is 1.31. The first-order chi connectivity index (χ1) is 17.9. The third-order valence-electron chi connectivity index (χ3n) is 7.17. The first kappa shape index (κ1) is 26.0. The van der Waals surface area contributed by atoms with E-state index in [9.17, 15) is 28.2 Å². The number of carboxylic acid groups (broad SMARTS) is 1. The number of halogens is 3. The third-order valence-corrected chi connectivity index (χ3v) is 7.17. The summed E-state index contributed by atoms with van der Waals surface area (Å²) < 4.78 is 53.1. The van der Waals surface area contributed by atoms with E-state index in [1.165, 1.54) is 12.1 Å². The highest BCUT2D eigenvalue weighted by molar-refractivity contribution is 5.77. The monoisotopic (exact) mass is 527 g/mol. The van der Waals surface area contributed by atoms with E-state index in [0.29, 0.717) is 23.4 Å². The molecule has 2 aliphatic rings. The Balaban J connectivity index is 1.29. The topological polar surface area (TPSA) is 88.9 Å². The van der Waals surface area contributed by atoms with Crippen molar-refractivity contribution < 1.29 is 37.7 Å². The van der Waals surface area contributed by atoms with Gasteiger partial charge in [-0.3, -0.25) is 4.79 Å². The number of hydrogen-bond donors (Lipinski definition) is 2. The molecule has 200 valence electrons. The second-order valence-electron chi connectivity index (χ2n) is 10.6. The van der Waals surface area contributed by atoms with Crippen LogP contribution in [0, 0.1) is 11.8 Å². The third kappa shape index (κ3) is 5.48. The van der Waals surface area contributed by atoms with Crippen LogP contribution in [0.5, 0.6) is 11.6 Å². The van der Waals surface area contributed by atoms with Gasteiger partial charge in [0.2, 0.25) is 5.88 Å². The van der Waals surface area contributed by atoms with Crippen LogP contribution >= 0.6 is 0 Å². The predicted molar refractivity (Wildman–Crippen MR) is 133 cm³/mol. The van der Waals surface area contributed by atoms with E-state index >= 15 is 0 Å². The van der Waals surface area contributed by atoms with Crippen molar-refractivity contribution in [1.82, 2.24) is 4.98 Å². The van der Waals surface area contributed by atoms with Gasteiger partial charge in [0, 0.05) is 24.6 Å². The molecule has 3 aromatic rings. The van der Waals surface area contributed by atoms with Crippen LogP contribution in [0.15, 0.2) is 54.7 Å². The molecule has 1 fully saturated rings. The van der Waals surface area contributed by atoms with E-state index in [1.807, 2.05) is 6.07 Å². The van der Waals surface area contributed by atoms with E-state index in [2.05, 4.69) is 4.98 Å². The lowest BCUT2D eigenvalue weighted by Crippen LogP contribution is -2.21. The van der Waals surface area contributed by atoms with Gasteiger partial charge in [-0.1, -0.05) is 24.3 Å². The minimum Gasteiger partial charge on any atom is -0.493 e. The van der Waals surface area contributed by atoms with Gasteiger partial charge in [0.15, 0.2) is 0 Å². The van der Waals surface area contributed by atoms with Crippen LogP contribution in [0.4, 0.5) is 13.2 Å². The zero-order chi connectivity index (χ0) is 27.2. The Morgan fingerprint density at radius 2 is 1.89 bits per heavy atom. The highest BCUT2D eigenvalue weighted by atomic mass is 19.4. The molecule has 9 heteroatoms. The average Bonchev–Trinajstić information content (AvgIpc) is 3.44. The maximum absolute atomic E-state index is 13.9. The second kappa shape index (κ2) is 9.62. The number of benzene rings is 2. The lowest BCUT2D eigenvalue weighted by molar-refractivity contribution is -0.139. The molecule has 6 nitrogen and oxygen atoms in total. The highest BCUT2D eigenvalue weighted by Gasteiger charge is 2.59. The van der Waals surface area contributed by atoms with E-state index in [-0.39, 0.29) is 48.7 Å². The van der Waals surface area contributed by atoms with Crippen molar-refractivity contribution in [3.63, 3.8) is 0 Å². The molecule has 2 aromatic carbocycles. The fourth-order valence-corrected chi connectivity index (χ4v) is 5.19. The molecule has 0 saturated heterocycles. The quantitative estimate of drug-likeness (QED) is 0.363. The molecule has 0 aliphatic heterocycles. The van der Waals surface area contributed by atoms with Crippen molar-refractivity contribution in [2.45, 2.75) is 51.0 Å². The number of hydrogen-bond acceptors (Lipinski definition) is 5. The largest absolute Gasteiger partial charge is 0.493 e. The smallest absolute Gasteiger partial charge is 0.417 e. The van der Waals surface area contributed by atoms with E-state index < -0.39 is 23.3 Å². The summed E-state index contributed by atoms with van der Waals surface area (Å²) in [7, 11) is 0. The van der Waals surface area contributed by atoms with Gasteiger partial charge >= 0.3 is 12.1 Å². The zero-order valence-corrected chi connectivity index (χ0v) is 21.0. The standard InChI is InChI=1S/C29H28F3NO5/c1-28(2,36)8-9-37-19-6-7-20(23(13-19)29(30,31)32)17-5-3-4-16(10-17)15-38-24-12-18-11-21-25(22(18)14-33-24)26(21)27(34)35/h3-7,10,12-14,21,25-26,36H,8-9,11,15H2,1-2H3,(H,34,35)/t21-,25-,26+/m1/s1. The van der Waals surface area contributed by atoms with Crippen LogP contribution < -0.4 is 9.47 Å². The van der Waals surface area contributed by atoms with E-state index in [1.54, 1.807) is 44.3 Å². The Labute approximate surface area is 218 Å². The number of aromatic nitrogens is 1. The van der Waals surface area contributed by atoms with Crippen LogP contribution in [-0.4, -0.2) is 33.4 Å². The van der Waals surface area contributed by atoms with Gasteiger partial charge in [-0.2, -0.15) is 13.2 Å². The van der Waals surface area contributed by atoms with Gasteiger partial charge in [0.25, 0.3) is 0 Å². The number of aliphatic carboxylic acids is 1. The summed E-state index contributed by atoms with van der Waals surface area (Å²) in [6, 6.07) is 12.4. The molecule has 2 N–H and O–H groups in total. The maximum Gasteiger partial charge on any atom is 0.417 e. The molecular formula is C29H28F3NO5. The summed E-state index contributed by atoms with van der Waals surface area (Å²) in [5.74, 6) is -0.467. The summed E-state index contributed by atoms with van der Waals surface area (Å²) >= 11 is 0. The van der Waals surface area contributed by atoms with Crippen LogP contribution in [0.1, 0.15) is 48.4 Å². The highest BCUT2D eigenvalue weighted by Crippen LogP contribution is 2.61. The maximum atomic E-state index is 13.9. The fourth-order valence-electron chi connectivity index (χ4n) is 5.19. The number of ether oxygens (including phenoxy) is 2. The van der Waals surface area contributed by atoms with E-state index in [0.717, 1.165) is 17.2 Å². The van der Waals surface area contributed by atoms with Crippen LogP contribution in [-0.2, 0) is 24.0 Å². The minimum absolute atomic E-state index is 0.0250. The Morgan fingerprint density at radius 1 is 1.11 bits per heavy atom. The number of nitrogens with zero attached hydrogens (tertiary/aromatic N) is 1. The van der Waals surface area contributed by atoms with Crippen LogP contribution in [0.2, 0.25) is 0 Å². The first-order valence-electron chi connectivity index (χ1n) is 12.4. The molecule has 0 amide bonds. The molecule has 0 radical (unpaired) electrons. The van der Waals surface area contributed by atoms with Crippen molar-refractivity contribution in [2.24, 2.45) is 11.8 Å². The summed E-state index contributed by atoms with van der Waals surface area (Å²) in [6.07, 6.45) is -1.95. The molecule has 2 aliphatic carbocycles. The Morgan fingerprint density at radius 3 is 2.61 bits per heavy atom. The van der Waals surface area contributed by atoms with Gasteiger partial charge in [-0.15, -0.1) is 0 Å². The van der Waals surface area contributed by atoms with Gasteiger partial charge in [0.1, 0.15) is 12.4 Å². The first-order valence-corrected chi connectivity index (χ1v) is 12.4. The van der Waals surface area contributed by atoms with E-state index in [4.69, 9.17) is 9.47 Å². The molecule has 5 rings (SSSR count). The summed E-state index contributed by atoms with van der Waals surface area (Å²) in [4.78, 5) is 15.6. The van der Waals surface area contributed by atoms with Gasteiger partial charge < -0.3 is 19.7 Å². The van der Waals surface area contributed by atoms with Crippen molar-refractivity contribution >= 4 is 5.97 Å². The minimum atomic E-state index is -4.59. The number of alkyl halides is 3. The van der Waals surface area contributed by atoms with Gasteiger partial charge in [0.05, 0.1) is 23.7 Å². The number of aliphatic hydroxyl groups is 1. The Bertz CT molecular complexity index is 1370. The number of rotatable bonds is 9. The normalized spacial score (nSPS) is 20.0. The lowest BCUT2D eigenvalue weighted by Gasteiger charge is -2.19. The molecule has 1 heterocycles. The van der Waals surface area contributed by atoms with Crippen molar-refractivity contribution in [3.8, 4) is 22.8 Å². The molecule has 0 unspecified atom stereocenters. The van der Waals surface area contributed by atoms with Gasteiger partial charge in [-0.05, 0) is 72.2 Å². The Kier molecular flexibility index (Phi) is 6.59. The number of pyridine rings is 1. The number of fused-ring (bicyclic) bond motifs is 3. The fraction of sp³-hybridized carbons (Fsp3) is 0.379. The second-order valence-corrected chi connectivity index (χ2v) is 10.6. The average molecular weight is 528 g/mol. The number of carboxylic acids is 1. The molecule has 38 heavy (non-hydrogen) atoms. The molecular weight excluding hydrogens is 499 g/mol. The van der Waals surface area contributed by atoms with Crippen molar-refractivity contribution in [2.75, 3.05) is 6.61 Å². The molecule has 0 spiro atoms. The van der Waals surface area contributed by atoms with Crippen molar-refractivity contribution in [3.05, 3.63) is 77.0 Å². The van der Waals surface area contributed by atoms with Crippen molar-refractivity contribution in [1.29, 1.82) is 0 Å². The molecule has 1 saturated carbocycles. The SMILES string of the molecule is CC(C)(O)CCOc1ccc(-c2cccc(COc3cc4c(cn3)[C@H]3[C@@H](C4)[C@@H]3C(=O)O)c2)c(C(F)(F)F)c1. The zero-order valence-electron chi connectivity index (χ0n) is 21.0. The molecule has 1 aromatic heterocycles. The predicted octanol–water partition coefficient (Wildman–Crippen LogP) is 5.86. The van der Waals surface area contributed by atoms with Crippen LogP contribution in [0.25, 0.3) is 11.1 Å².